The van der Waals surface area contributed by atoms with E-state index in [-0.39, 0.29) is 0 Å². The molecule has 3 N–H and O–H groups in total. The van der Waals surface area contributed by atoms with Crippen molar-refractivity contribution in [2.24, 2.45) is 11.8 Å². The van der Waals surface area contributed by atoms with Gasteiger partial charge < -0.3 is 11.1 Å². The van der Waals surface area contributed by atoms with E-state index in [0.717, 1.165) is 40.7 Å². The van der Waals surface area contributed by atoms with Crippen LogP contribution in [0.3, 0.4) is 0 Å². The first-order chi connectivity index (χ1) is 9.25. The number of fused-ring (bicyclic) bond motifs is 1. The van der Waals surface area contributed by atoms with Crippen molar-refractivity contribution in [1.29, 1.82) is 0 Å². The molecule has 3 nitrogen and oxygen atoms in total. The van der Waals surface area contributed by atoms with E-state index in [0.29, 0.717) is 0 Å². The lowest BCUT2D eigenvalue weighted by molar-refractivity contribution is 0.440. The van der Waals surface area contributed by atoms with Crippen LogP contribution in [0, 0.1) is 11.8 Å². The summed E-state index contributed by atoms with van der Waals surface area (Å²) in [5.41, 5.74) is 9.05. The maximum absolute atomic E-state index is 6.24. The van der Waals surface area contributed by atoms with Gasteiger partial charge in [-0.15, -0.1) is 0 Å². The quantitative estimate of drug-likeness (QED) is 0.823. The molecule has 19 heavy (non-hydrogen) atoms. The summed E-state index contributed by atoms with van der Waals surface area (Å²) < 4.78 is 0. The first kappa shape index (κ1) is 12.3. The molecule has 1 saturated carbocycles. The van der Waals surface area contributed by atoms with Gasteiger partial charge >= 0.3 is 0 Å². The second-order valence-corrected chi connectivity index (χ2v) is 5.65. The smallest absolute Gasteiger partial charge is 0.0724 e. The molecular weight excluding hydrogens is 234 g/mol. The number of anilines is 2. The molecule has 1 aliphatic rings. The van der Waals surface area contributed by atoms with E-state index in [1.54, 1.807) is 6.20 Å². The van der Waals surface area contributed by atoms with Crippen molar-refractivity contribution in [3.05, 3.63) is 30.5 Å². The Morgan fingerprint density at radius 3 is 3.00 bits per heavy atom. The Morgan fingerprint density at radius 1 is 1.32 bits per heavy atom. The Balaban J connectivity index is 1.79. The predicted octanol–water partition coefficient (Wildman–Crippen LogP) is 3.67. The van der Waals surface area contributed by atoms with Crippen molar-refractivity contribution in [1.82, 2.24) is 4.98 Å². The summed E-state index contributed by atoms with van der Waals surface area (Å²) in [6.07, 6.45) is 5.87. The number of nitrogen functional groups attached to an aromatic ring is 1. The zero-order valence-electron chi connectivity index (χ0n) is 11.4. The highest BCUT2D eigenvalue weighted by atomic mass is 14.9. The fourth-order valence-corrected chi connectivity index (χ4v) is 3.10. The minimum atomic E-state index is 0.781. The van der Waals surface area contributed by atoms with E-state index in [4.69, 9.17) is 5.73 Å². The zero-order chi connectivity index (χ0) is 13.2. The summed E-state index contributed by atoms with van der Waals surface area (Å²) in [4.78, 5) is 4.33. The Bertz CT molecular complexity index is 579. The molecule has 1 aliphatic carbocycles. The molecule has 1 heterocycles. The van der Waals surface area contributed by atoms with Gasteiger partial charge in [0.2, 0.25) is 0 Å². The normalized spacial score (nSPS) is 22.8. The van der Waals surface area contributed by atoms with Crippen LogP contribution in [0.5, 0.6) is 0 Å². The number of hydrogen-bond acceptors (Lipinski definition) is 3. The third-order valence-electron chi connectivity index (χ3n) is 4.42. The maximum atomic E-state index is 6.24. The number of nitrogens with zero attached hydrogens (tertiary/aromatic N) is 1. The molecule has 1 fully saturated rings. The van der Waals surface area contributed by atoms with Gasteiger partial charge in [-0.05, 0) is 42.5 Å². The average Bonchev–Trinajstić information content (AvgIpc) is 2.84. The first-order valence-corrected chi connectivity index (χ1v) is 7.13. The van der Waals surface area contributed by atoms with Crippen LogP contribution in [0.1, 0.15) is 26.2 Å². The van der Waals surface area contributed by atoms with E-state index >= 15 is 0 Å². The number of pyridine rings is 1. The highest BCUT2D eigenvalue weighted by molar-refractivity contribution is 5.96. The van der Waals surface area contributed by atoms with Gasteiger partial charge in [0.1, 0.15) is 0 Å². The maximum Gasteiger partial charge on any atom is 0.0724 e. The average molecular weight is 255 g/mol. The fraction of sp³-hybridized carbons (Fsp3) is 0.438. The van der Waals surface area contributed by atoms with Gasteiger partial charge in [0.05, 0.1) is 16.9 Å². The van der Waals surface area contributed by atoms with Crippen molar-refractivity contribution in [2.45, 2.75) is 26.2 Å². The van der Waals surface area contributed by atoms with Gasteiger partial charge in [-0.3, -0.25) is 4.98 Å². The van der Waals surface area contributed by atoms with E-state index < -0.39 is 0 Å². The Hall–Kier alpha value is -1.77. The van der Waals surface area contributed by atoms with Gasteiger partial charge in [-0.25, -0.2) is 0 Å². The van der Waals surface area contributed by atoms with Gasteiger partial charge in [0.15, 0.2) is 0 Å². The highest BCUT2D eigenvalue weighted by Crippen LogP contribution is 2.33. The van der Waals surface area contributed by atoms with Crippen molar-refractivity contribution < 1.29 is 0 Å². The highest BCUT2D eigenvalue weighted by Gasteiger charge is 2.23. The summed E-state index contributed by atoms with van der Waals surface area (Å²) in [7, 11) is 0. The summed E-state index contributed by atoms with van der Waals surface area (Å²) in [5.74, 6) is 1.61. The number of aromatic nitrogens is 1. The molecule has 0 spiro atoms. The fourth-order valence-electron chi connectivity index (χ4n) is 3.10. The monoisotopic (exact) mass is 255 g/mol. The largest absolute Gasteiger partial charge is 0.397 e. The molecule has 3 heteroatoms. The molecule has 0 amide bonds. The van der Waals surface area contributed by atoms with Crippen LogP contribution in [0.2, 0.25) is 0 Å². The van der Waals surface area contributed by atoms with Crippen LogP contribution in [-0.2, 0) is 0 Å². The third kappa shape index (κ3) is 2.37. The van der Waals surface area contributed by atoms with E-state index in [9.17, 15) is 0 Å². The topological polar surface area (TPSA) is 50.9 Å². The Labute approximate surface area is 114 Å². The van der Waals surface area contributed by atoms with Gasteiger partial charge in [0.25, 0.3) is 0 Å². The standard InChI is InChI=1S/C16H21N3/c1-11-4-2-5-12(11)10-19-15-8-7-14-13(16(15)17)6-3-9-18-14/h3,6-9,11-12,19H,2,4-5,10,17H2,1H3. The second-order valence-electron chi connectivity index (χ2n) is 5.65. The second kappa shape index (κ2) is 5.08. The number of hydrogen-bond donors (Lipinski definition) is 2. The van der Waals surface area contributed by atoms with Gasteiger partial charge in [-0.1, -0.05) is 19.8 Å². The van der Waals surface area contributed by atoms with Crippen LogP contribution in [0.15, 0.2) is 30.5 Å². The van der Waals surface area contributed by atoms with Crippen LogP contribution in [-0.4, -0.2) is 11.5 Å². The Kier molecular flexibility index (Phi) is 3.28. The molecule has 0 bridgehead atoms. The molecule has 1 aromatic heterocycles. The minimum Gasteiger partial charge on any atom is -0.397 e. The lowest BCUT2D eigenvalue weighted by Gasteiger charge is -2.18. The predicted molar refractivity (Wildman–Crippen MR) is 81.2 cm³/mol. The molecule has 1 aromatic carbocycles. The SMILES string of the molecule is CC1CCCC1CNc1ccc2ncccc2c1N. The van der Waals surface area contributed by atoms with Crippen LogP contribution in [0.4, 0.5) is 11.4 Å². The first-order valence-electron chi connectivity index (χ1n) is 7.13. The minimum absolute atomic E-state index is 0.781. The van der Waals surface area contributed by atoms with Gasteiger partial charge in [-0.2, -0.15) is 0 Å². The lowest BCUT2D eigenvalue weighted by Crippen LogP contribution is -2.17. The zero-order valence-corrected chi connectivity index (χ0v) is 11.4. The molecule has 2 unspecified atom stereocenters. The van der Waals surface area contributed by atoms with Crippen LogP contribution < -0.4 is 11.1 Å². The number of nitrogens with two attached hydrogens (primary N) is 1. The summed E-state index contributed by atoms with van der Waals surface area (Å²) in [6.45, 7) is 3.38. The number of nitrogens with one attached hydrogen (secondary N) is 1. The molecule has 0 aliphatic heterocycles. The molecular formula is C16H21N3. The van der Waals surface area contributed by atoms with E-state index in [1.807, 2.05) is 24.3 Å². The van der Waals surface area contributed by atoms with Crippen molar-refractivity contribution >= 4 is 22.3 Å². The van der Waals surface area contributed by atoms with E-state index in [1.165, 1.54) is 19.3 Å². The molecule has 2 aromatic rings. The van der Waals surface area contributed by atoms with Crippen molar-refractivity contribution in [3.63, 3.8) is 0 Å². The van der Waals surface area contributed by atoms with E-state index in [2.05, 4.69) is 17.2 Å². The van der Waals surface area contributed by atoms with Crippen LogP contribution in [0.25, 0.3) is 10.9 Å². The van der Waals surface area contributed by atoms with Crippen molar-refractivity contribution in [3.8, 4) is 0 Å². The molecule has 0 saturated heterocycles. The summed E-state index contributed by atoms with van der Waals surface area (Å²) in [6, 6.07) is 8.04. The van der Waals surface area contributed by atoms with Crippen LogP contribution >= 0.6 is 0 Å². The molecule has 2 atom stereocenters. The molecule has 0 radical (unpaired) electrons. The third-order valence-corrected chi connectivity index (χ3v) is 4.42. The summed E-state index contributed by atoms with van der Waals surface area (Å²) in [5, 5.41) is 4.56. The van der Waals surface area contributed by atoms with Crippen molar-refractivity contribution in [2.75, 3.05) is 17.6 Å². The molecule has 3 rings (SSSR count). The molecule has 100 valence electrons. The number of rotatable bonds is 3. The Morgan fingerprint density at radius 2 is 2.21 bits per heavy atom. The van der Waals surface area contributed by atoms with Gasteiger partial charge in [0, 0.05) is 18.1 Å². The lowest BCUT2D eigenvalue weighted by atomic mass is 9.98. The number of benzene rings is 1. The summed E-state index contributed by atoms with van der Waals surface area (Å²) >= 11 is 0.